The highest BCUT2D eigenvalue weighted by molar-refractivity contribution is 9.10. The Morgan fingerprint density at radius 1 is 1.50 bits per heavy atom. The Kier molecular flexibility index (Phi) is 4.04. The number of nitrogens with one attached hydrogen (secondary N) is 1. The van der Waals surface area contributed by atoms with Crippen molar-refractivity contribution in [1.29, 1.82) is 0 Å². The summed E-state index contributed by atoms with van der Waals surface area (Å²) in [7, 11) is 1.65. The molecule has 94 valence electrons. The van der Waals surface area contributed by atoms with Crippen molar-refractivity contribution in [1.82, 2.24) is 9.78 Å². The third kappa shape index (κ3) is 3.13. The van der Waals surface area contributed by atoms with Gasteiger partial charge in [0.15, 0.2) is 0 Å². The average Bonchev–Trinajstić information content (AvgIpc) is 2.83. The predicted molar refractivity (Wildman–Crippen MR) is 76.6 cm³/mol. The molecule has 18 heavy (non-hydrogen) atoms. The van der Waals surface area contributed by atoms with E-state index in [-0.39, 0.29) is 0 Å². The van der Waals surface area contributed by atoms with Crippen LogP contribution in [0.4, 0.5) is 5.69 Å². The van der Waals surface area contributed by atoms with Crippen LogP contribution in [-0.4, -0.2) is 16.9 Å². The van der Waals surface area contributed by atoms with E-state index >= 15 is 0 Å². The summed E-state index contributed by atoms with van der Waals surface area (Å²) in [6.07, 6.45) is 5.39. The largest absolute Gasteiger partial charge is 0.497 e. The van der Waals surface area contributed by atoms with Gasteiger partial charge in [0.05, 0.1) is 13.3 Å². The van der Waals surface area contributed by atoms with Crippen molar-refractivity contribution < 1.29 is 4.74 Å². The maximum absolute atomic E-state index is 5.21. The Bertz CT molecular complexity index is 551. The number of methoxy groups -OCH3 is 1. The standard InChI is InChI=1S/C13H14BrN3O/c1-3-17-9-10(8-16-17)7-15-12-4-11(14)5-13(6-12)18-2/h3-6,8-9,15H,1,7H2,2H3. The van der Waals surface area contributed by atoms with Crippen LogP contribution < -0.4 is 10.1 Å². The number of halogens is 1. The van der Waals surface area contributed by atoms with Gasteiger partial charge in [-0.1, -0.05) is 22.5 Å². The Labute approximate surface area is 114 Å². The van der Waals surface area contributed by atoms with Crippen LogP contribution in [0.2, 0.25) is 0 Å². The fraction of sp³-hybridized carbons (Fsp3) is 0.154. The van der Waals surface area contributed by atoms with Gasteiger partial charge in [0.1, 0.15) is 5.75 Å². The van der Waals surface area contributed by atoms with Gasteiger partial charge in [-0.25, -0.2) is 4.68 Å². The van der Waals surface area contributed by atoms with Crippen molar-refractivity contribution in [3.8, 4) is 5.75 Å². The summed E-state index contributed by atoms with van der Waals surface area (Å²) in [5.41, 5.74) is 2.08. The zero-order valence-corrected chi connectivity index (χ0v) is 11.6. The summed E-state index contributed by atoms with van der Waals surface area (Å²) in [5.74, 6) is 0.814. The van der Waals surface area contributed by atoms with Crippen LogP contribution in [0.15, 0.2) is 41.6 Å². The lowest BCUT2D eigenvalue weighted by molar-refractivity contribution is 0.414. The Morgan fingerprint density at radius 3 is 3.00 bits per heavy atom. The molecule has 1 heterocycles. The highest BCUT2D eigenvalue weighted by Gasteiger charge is 2.01. The van der Waals surface area contributed by atoms with Crippen LogP contribution in [-0.2, 0) is 6.54 Å². The molecule has 2 aromatic rings. The fourth-order valence-corrected chi connectivity index (χ4v) is 2.03. The molecule has 1 aromatic heterocycles. The van der Waals surface area contributed by atoms with Crippen LogP contribution in [0.1, 0.15) is 5.56 Å². The lowest BCUT2D eigenvalue weighted by Gasteiger charge is -2.08. The van der Waals surface area contributed by atoms with Gasteiger partial charge in [-0.05, 0) is 12.1 Å². The molecule has 0 amide bonds. The third-order valence-electron chi connectivity index (χ3n) is 2.45. The molecule has 0 unspecified atom stereocenters. The van der Waals surface area contributed by atoms with Crippen LogP contribution in [0.3, 0.4) is 0 Å². The van der Waals surface area contributed by atoms with Crippen molar-refractivity contribution in [3.63, 3.8) is 0 Å². The van der Waals surface area contributed by atoms with E-state index < -0.39 is 0 Å². The molecule has 0 spiro atoms. The van der Waals surface area contributed by atoms with E-state index in [1.807, 2.05) is 30.6 Å². The molecule has 2 rings (SSSR count). The molecular formula is C13H14BrN3O. The van der Waals surface area contributed by atoms with Crippen molar-refractivity contribution in [2.45, 2.75) is 6.54 Å². The topological polar surface area (TPSA) is 39.1 Å². The molecule has 0 fully saturated rings. The number of nitrogens with zero attached hydrogens (tertiary/aromatic N) is 2. The van der Waals surface area contributed by atoms with Crippen LogP contribution in [0.25, 0.3) is 6.20 Å². The van der Waals surface area contributed by atoms with E-state index in [4.69, 9.17) is 4.74 Å². The Hall–Kier alpha value is -1.75. The van der Waals surface area contributed by atoms with E-state index in [0.29, 0.717) is 6.54 Å². The van der Waals surface area contributed by atoms with Crippen LogP contribution in [0.5, 0.6) is 5.75 Å². The van der Waals surface area contributed by atoms with Gasteiger partial charge < -0.3 is 10.1 Å². The minimum Gasteiger partial charge on any atom is -0.497 e. The Balaban J connectivity index is 2.05. The molecule has 1 N–H and O–H groups in total. The zero-order valence-electron chi connectivity index (χ0n) is 10.1. The van der Waals surface area contributed by atoms with Gasteiger partial charge in [-0.3, -0.25) is 0 Å². The zero-order chi connectivity index (χ0) is 13.0. The number of aromatic nitrogens is 2. The Morgan fingerprint density at radius 2 is 2.33 bits per heavy atom. The number of anilines is 1. The monoisotopic (exact) mass is 307 g/mol. The maximum Gasteiger partial charge on any atom is 0.122 e. The summed E-state index contributed by atoms with van der Waals surface area (Å²) in [5, 5.41) is 7.44. The lowest BCUT2D eigenvalue weighted by Crippen LogP contribution is -1.98. The minimum absolute atomic E-state index is 0.702. The van der Waals surface area contributed by atoms with Crippen LogP contribution >= 0.6 is 15.9 Å². The second-order valence-corrected chi connectivity index (χ2v) is 4.66. The highest BCUT2D eigenvalue weighted by Crippen LogP contribution is 2.24. The first kappa shape index (κ1) is 12.7. The van der Waals surface area contributed by atoms with E-state index in [0.717, 1.165) is 21.5 Å². The van der Waals surface area contributed by atoms with Gasteiger partial charge in [0.25, 0.3) is 0 Å². The summed E-state index contributed by atoms with van der Waals surface area (Å²) in [6, 6.07) is 5.87. The number of rotatable bonds is 5. The third-order valence-corrected chi connectivity index (χ3v) is 2.90. The summed E-state index contributed by atoms with van der Waals surface area (Å²) >= 11 is 3.45. The second-order valence-electron chi connectivity index (χ2n) is 3.74. The molecular weight excluding hydrogens is 294 g/mol. The number of hydrogen-bond acceptors (Lipinski definition) is 3. The molecule has 0 aliphatic heterocycles. The van der Waals surface area contributed by atoms with E-state index in [2.05, 4.69) is 32.9 Å². The van der Waals surface area contributed by atoms with Gasteiger partial charge in [-0.15, -0.1) is 0 Å². The molecule has 0 aliphatic rings. The van der Waals surface area contributed by atoms with E-state index in [1.54, 1.807) is 18.0 Å². The van der Waals surface area contributed by atoms with Gasteiger partial charge in [0, 0.05) is 40.7 Å². The van der Waals surface area contributed by atoms with E-state index in [1.165, 1.54) is 0 Å². The summed E-state index contributed by atoms with van der Waals surface area (Å²) in [6.45, 7) is 4.36. The van der Waals surface area contributed by atoms with Crippen molar-refractivity contribution >= 4 is 27.8 Å². The highest BCUT2D eigenvalue weighted by atomic mass is 79.9. The molecule has 0 saturated heterocycles. The van der Waals surface area contributed by atoms with Crippen LogP contribution in [0, 0.1) is 0 Å². The molecule has 4 nitrogen and oxygen atoms in total. The van der Waals surface area contributed by atoms with Gasteiger partial charge in [-0.2, -0.15) is 5.10 Å². The molecule has 0 bridgehead atoms. The average molecular weight is 308 g/mol. The first-order valence-electron chi connectivity index (χ1n) is 5.45. The second kappa shape index (κ2) is 5.73. The van der Waals surface area contributed by atoms with Crippen molar-refractivity contribution in [2.24, 2.45) is 0 Å². The summed E-state index contributed by atoms with van der Waals surface area (Å²) < 4.78 is 7.87. The first-order valence-corrected chi connectivity index (χ1v) is 6.24. The smallest absolute Gasteiger partial charge is 0.122 e. The lowest BCUT2D eigenvalue weighted by atomic mass is 10.3. The van der Waals surface area contributed by atoms with Gasteiger partial charge in [0.2, 0.25) is 0 Å². The normalized spacial score (nSPS) is 10.1. The number of hydrogen-bond donors (Lipinski definition) is 1. The van der Waals surface area contributed by atoms with Crippen molar-refractivity contribution in [2.75, 3.05) is 12.4 Å². The molecule has 0 atom stereocenters. The number of benzene rings is 1. The molecule has 5 heteroatoms. The molecule has 0 radical (unpaired) electrons. The van der Waals surface area contributed by atoms with Crippen molar-refractivity contribution in [3.05, 3.63) is 47.2 Å². The SMILES string of the molecule is C=Cn1cc(CNc2cc(Br)cc(OC)c2)cn1. The number of ether oxygens (including phenoxy) is 1. The fourth-order valence-electron chi connectivity index (χ4n) is 1.56. The summed E-state index contributed by atoms with van der Waals surface area (Å²) in [4.78, 5) is 0. The maximum atomic E-state index is 5.21. The molecule has 1 aromatic carbocycles. The first-order chi connectivity index (χ1) is 8.71. The quantitative estimate of drug-likeness (QED) is 0.920. The van der Waals surface area contributed by atoms with E-state index in [9.17, 15) is 0 Å². The minimum atomic E-state index is 0.702. The predicted octanol–water partition coefficient (Wildman–Crippen LogP) is 3.37. The molecule has 0 saturated carbocycles. The van der Waals surface area contributed by atoms with Gasteiger partial charge >= 0.3 is 0 Å². The molecule has 0 aliphatic carbocycles.